The lowest BCUT2D eigenvalue weighted by molar-refractivity contribution is -0.274. The summed E-state index contributed by atoms with van der Waals surface area (Å²) >= 11 is 0. The summed E-state index contributed by atoms with van der Waals surface area (Å²) in [4.78, 5) is 0. The van der Waals surface area contributed by atoms with E-state index in [2.05, 4.69) is 16.1 Å². The van der Waals surface area contributed by atoms with Gasteiger partial charge >= 0.3 is 6.36 Å². The number of alkyl halides is 3. The molecule has 0 radical (unpaired) electrons. The quantitative estimate of drug-likeness (QED) is 0.604. The van der Waals surface area contributed by atoms with Crippen LogP contribution in [0.5, 0.6) is 5.75 Å². The third-order valence-electron chi connectivity index (χ3n) is 2.41. The molecule has 0 aliphatic rings. The number of nitrogens with one attached hydrogen (secondary N) is 1. The number of ether oxygens (including phenoxy) is 1. The van der Waals surface area contributed by atoms with Gasteiger partial charge in [0.05, 0.1) is 0 Å². The maximum atomic E-state index is 12.0. The lowest BCUT2D eigenvalue weighted by Crippen LogP contribution is -2.16. The Balaban J connectivity index is 2.36. The van der Waals surface area contributed by atoms with E-state index in [1.165, 1.54) is 12.1 Å². The molecule has 0 amide bonds. The Bertz CT molecular complexity index is 385. The van der Waals surface area contributed by atoms with Gasteiger partial charge in [-0.3, -0.25) is 0 Å². The van der Waals surface area contributed by atoms with Gasteiger partial charge in [0.2, 0.25) is 0 Å². The lowest BCUT2D eigenvalue weighted by atomic mass is 10.1. The Morgan fingerprint density at radius 2 is 1.84 bits per heavy atom. The van der Waals surface area contributed by atoms with Crippen LogP contribution in [0.4, 0.5) is 13.2 Å². The van der Waals surface area contributed by atoms with E-state index in [1.54, 1.807) is 12.1 Å². The molecule has 0 aromatic heterocycles. The van der Waals surface area contributed by atoms with Crippen LogP contribution in [-0.2, 0) is 6.42 Å². The number of rotatable bonds is 7. The van der Waals surface area contributed by atoms with Crippen molar-refractivity contribution in [1.29, 1.82) is 0 Å². The first-order valence-electron chi connectivity index (χ1n) is 6.21. The topological polar surface area (TPSA) is 21.3 Å². The van der Waals surface area contributed by atoms with Crippen molar-refractivity contribution in [2.45, 2.75) is 26.1 Å². The predicted molar refractivity (Wildman–Crippen MR) is 69.1 cm³/mol. The van der Waals surface area contributed by atoms with Crippen molar-refractivity contribution < 1.29 is 17.9 Å². The lowest BCUT2D eigenvalue weighted by Gasteiger charge is -2.08. The van der Waals surface area contributed by atoms with Gasteiger partial charge in [0.15, 0.2) is 0 Å². The molecule has 0 aliphatic carbocycles. The van der Waals surface area contributed by atoms with Crippen molar-refractivity contribution in [3.8, 4) is 5.75 Å². The molecule has 0 unspecified atom stereocenters. The molecule has 19 heavy (non-hydrogen) atoms. The first kappa shape index (κ1) is 15.6. The Kier molecular flexibility index (Phi) is 6.42. The molecule has 2 nitrogen and oxygen atoms in total. The average Bonchev–Trinajstić information content (AvgIpc) is 2.34. The molecule has 0 spiro atoms. The fourth-order valence-corrected chi connectivity index (χ4v) is 1.53. The summed E-state index contributed by atoms with van der Waals surface area (Å²) in [5, 5.41) is 3.20. The largest absolute Gasteiger partial charge is 0.573 e. The minimum atomic E-state index is -4.63. The average molecular weight is 273 g/mol. The summed E-state index contributed by atoms with van der Waals surface area (Å²) in [6.07, 6.45) is 1.09. The second-order valence-electron chi connectivity index (χ2n) is 4.01. The number of hydrogen-bond donors (Lipinski definition) is 1. The van der Waals surface area contributed by atoms with Gasteiger partial charge in [-0.15, -0.1) is 13.2 Å². The van der Waals surface area contributed by atoms with E-state index in [-0.39, 0.29) is 5.75 Å². The second kappa shape index (κ2) is 7.84. The van der Waals surface area contributed by atoms with Gasteiger partial charge in [-0.1, -0.05) is 31.2 Å². The highest BCUT2D eigenvalue weighted by atomic mass is 19.4. The highest BCUT2D eigenvalue weighted by molar-refractivity contribution is 5.28. The molecular weight excluding hydrogens is 255 g/mol. The van der Waals surface area contributed by atoms with Gasteiger partial charge in [0.1, 0.15) is 5.75 Å². The highest BCUT2D eigenvalue weighted by Crippen LogP contribution is 2.22. The monoisotopic (exact) mass is 273 g/mol. The van der Waals surface area contributed by atoms with Crippen molar-refractivity contribution in [2.24, 2.45) is 0 Å². The van der Waals surface area contributed by atoms with E-state index in [4.69, 9.17) is 0 Å². The normalized spacial score (nSPS) is 12.0. The van der Waals surface area contributed by atoms with Crippen LogP contribution in [0.15, 0.2) is 36.4 Å². The molecule has 0 atom stereocenters. The standard InChI is InChI=1S/C14H18F3NO/c1-2-18-11-5-3-4-6-12-7-9-13(10-8-12)19-14(15,16)17/h3-4,7-10,18H,2,5-6,11H2,1H3. The van der Waals surface area contributed by atoms with Crippen LogP contribution >= 0.6 is 0 Å². The van der Waals surface area contributed by atoms with E-state index in [9.17, 15) is 13.2 Å². The van der Waals surface area contributed by atoms with Crippen LogP contribution in [-0.4, -0.2) is 19.5 Å². The maximum absolute atomic E-state index is 12.0. The molecule has 106 valence electrons. The molecule has 0 fully saturated rings. The predicted octanol–water partition coefficient (Wildman–Crippen LogP) is 3.68. The molecule has 1 aromatic rings. The van der Waals surface area contributed by atoms with E-state index in [1.807, 2.05) is 13.0 Å². The fourth-order valence-electron chi connectivity index (χ4n) is 1.53. The Hall–Kier alpha value is -1.49. The molecule has 0 saturated carbocycles. The zero-order valence-corrected chi connectivity index (χ0v) is 10.8. The van der Waals surface area contributed by atoms with Crippen LogP contribution in [0.25, 0.3) is 0 Å². The van der Waals surface area contributed by atoms with Crippen LogP contribution in [0.3, 0.4) is 0 Å². The smallest absolute Gasteiger partial charge is 0.406 e. The summed E-state index contributed by atoms with van der Waals surface area (Å²) in [6, 6.07) is 5.93. The van der Waals surface area contributed by atoms with Crippen LogP contribution in [0, 0.1) is 0 Å². The second-order valence-corrected chi connectivity index (χ2v) is 4.01. The van der Waals surface area contributed by atoms with Gasteiger partial charge in [-0.05, 0) is 43.6 Å². The fraction of sp³-hybridized carbons (Fsp3) is 0.429. The van der Waals surface area contributed by atoms with Crippen molar-refractivity contribution in [3.63, 3.8) is 0 Å². The molecule has 1 rings (SSSR count). The summed E-state index contributed by atoms with van der Waals surface area (Å²) in [7, 11) is 0. The number of allylic oxidation sites excluding steroid dienone is 1. The molecule has 5 heteroatoms. The van der Waals surface area contributed by atoms with Gasteiger partial charge < -0.3 is 10.1 Å². The van der Waals surface area contributed by atoms with Crippen LogP contribution in [0.1, 0.15) is 18.9 Å². The van der Waals surface area contributed by atoms with Crippen molar-refractivity contribution in [3.05, 3.63) is 42.0 Å². The van der Waals surface area contributed by atoms with Crippen LogP contribution in [0.2, 0.25) is 0 Å². The Morgan fingerprint density at radius 1 is 1.16 bits per heavy atom. The van der Waals surface area contributed by atoms with E-state index in [0.717, 1.165) is 25.1 Å². The van der Waals surface area contributed by atoms with Gasteiger partial charge in [0, 0.05) is 0 Å². The Morgan fingerprint density at radius 3 is 2.42 bits per heavy atom. The maximum Gasteiger partial charge on any atom is 0.573 e. The molecule has 1 aromatic carbocycles. The van der Waals surface area contributed by atoms with E-state index in [0.29, 0.717) is 6.42 Å². The van der Waals surface area contributed by atoms with Crippen LogP contribution < -0.4 is 10.1 Å². The minimum absolute atomic E-state index is 0.188. The van der Waals surface area contributed by atoms with Crippen molar-refractivity contribution in [2.75, 3.05) is 13.1 Å². The highest BCUT2D eigenvalue weighted by Gasteiger charge is 2.30. The molecule has 0 heterocycles. The van der Waals surface area contributed by atoms with Crippen molar-refractivity contribution in [1.82, 2.24) is 5.32 Å². The third kappa shape index (κ3) is 7.51. The van der Waals surface area contributed by atoms with Crippen molar-refractivity contribution >= 4 is 0 Å². The van der Waals surface area contributed by atoms with Gasteiger partial charge in [0.25, 0.3) is 0 Å². The molecule has 1 N–H and O–H groups in total. The molecular formula is C14H18F3NO. The summed E-state index contributed by atoms with van der Waals surface area (Å²) in [5.41, 5.74) is 0.953. The number of benzene rings is 1. The van der Waals surface area contributed by atoms with E-state index < -0.39 is 6.36 Å². The Labute approximate surface area is 111 Å². The molecule has 0 saturated heterocycles. The molecule has 0 aliphatic heterocycles. The molecule has 0 bridgehead atoms. The first-order valence-corrected chi connectivity index (χ1v) is 6.21. The van der Waals surface area contributed by atoms with Gasteiger partial charge in [-0.2, -0.15) is 0 Å². The zero-order valence-electron chi connectivity index (χ0n) is 10.8. The first-order chi connectivity index (χ1) is 9.01. The number of halogens is 3. The van der Waals surface area contributed by atoms with E-state index >= 15 is 0 Å². The summed E-state index contributed by atoms with van der Waals surface area (Å²) in [6.45, 7) is 3.94. The number of hydrogen-bond acceptors (Lipinski definition) is 2. The minimum Gasteiger partial charge on any atom is -0.406 e. The summed E-state index contributed by atoms with van der Waals surface area (Å²) in [5.74, 6) is -0.188. The zero-order chi connectivity index (χ0) is 14.1. The third-order valence-corrected chi connectivity index (χ3v) is 2.41. The van der Waals surface area contributed by atoms with Gasteiger partial charge in [-0.25, -0.2) is 0 Å². The SMILES string of the molecule is CCNCCC=CCc1ccc(OC(F)(F)F)cc1. The summed E-state index contributed by atoms with van der Waals surface area (Å²) < 4.78 is 39.7.